The minimum absolute atomic E-state index is 0.263. The van der Waals surface area contributed by atoms with E-state index in [9.17, 15) is 9.59 Å². The van der Waals surface area contributed by atoms with Gasteiger partial charge in [-0.25, -0.2) is 4.79 Å². The van der Waals surface area contributed by atoms with Gasteiger partial charge in [0.1, 0.15) is 5.70 Å². The van der Waals surface area contributed by atoms with Crippen LogP contribution in [0.15, 0.2) is 66.4 Å². The first-order valence-electron chi connectivity index (χ1n) is 8.78. The number of allylic oxidation sites excluding steroid dienone is 2. The van der Waals surface area contributed by atoms with Crippen molar-refractivity contribution in [1.82, 2.24) is 10.2 Å². The van der Waals surface area contributed by atoms with Crippen LogP contribution >= 0.6 is 0 Å². The lowest BCUT2D eigenvalue weighted by Crippen LogP contribution is -2.30. The van der Waals surface area contributed by atoms with Crippen LogP contribution in [0.2, 0.25) is 0 Å². The van der Waals surface area contributed by atoms with Crippen molar-refractivity contribution in [2.75, 3.05) is 19.0 Å². The predicted octanol–water partition coefficient (Wildman–Crippen LogP) is 3.71. The molecule has 138 valence electrons. The van der Waals surface area contributed by atoms with E-state index in [1.54, 1.807) is 12.2 Å². The molecule has 0 aliphatic carbocycles. The van der Waals surface area contributed by atoms with Crippen LogP contribution in [0.3, 0.4) is 0 Å². The fourth-order valence-corrected chi connectivity index (χ4v) is 2.86. The molecule has 0 saturated carbocycles. The van der Waals surface area contributed by atoms with Gasteiger partial charge < -0.3 is 10.2 Å². The Hall–Kier alpha value is -3.34. The lowest BCUT2D eigenvalue weighted by atomic mass is 10.1. The number of aryl methyl sites for hydroxylation is 1. The largest absolute Gasteiger partial charge is 0.378 e. The maximum atomic E-state index is 12.5. The van der Waals surface area contributed by atoms with Gasteiger partial charge in [0.15, 0.2) is 0 Å². The van der Waals surface area contributed by atoms with Crippen LogP contribution in [0.25, 0.3) is 6.08 Å². The Morgan fingerprint density at radius 2 is 1.81 bits per heavy atom. The average Bonchev–Trinajstić information content (AvgIpc) is 2.90. The summed E-state index contributed by atoms with van der Waals surface area (Å²) >= 11 is 0. The fraction of sp³-hybridized carbons (Fsp3) is 0.182. The molecule has 5 nitrogen and oxygen atoms in total. The van der Waals surface area contributed by atoms with Gasteiger partial charge in [-0.3, -0.25) is 9.69 Å². The van der Waals surface area contributed by atoms with Crippen molar-refractivity contribution < 1.29 is 9.59 Å². The Balaban J connectivity index is 1.68. The van der Waals surface area contributed by atoms with Crippen molar-refractivity contribution in [2.45, 2.75) is 13.5 Å². The van der Waals surface area contributed by atoms with E-state index < -0.39 is 6.03 Å². The molecule has 27 heavy (non-hydrogen) atoms. The van der Waals surface area contributed by atoms with Crippen LogP contribution in [0, 0.1) is 6.92 Å². The lowest BCUT2D eigenvalue weighted by Gasteiger charge is -2.12. The van der Waals surface area contributed by atoms with Crippen LogP contribution in [0.1, 0.15) is 16.7 Å². The summed E-state index contributed by atoms with van der Waals surface area (Å²) in [5, 5.41) is 2.64. The van der Waals surface area contributed by atoms with Crippen molar-refractivity contribution in [3.05, 3.63) is 83.1 Å². The molecule has 0 spiro atoms. The summed E-state index contributed by atoms with van der Waals surface area (Å²) in [6.07, 6.45) is 5.31. The minimum Gasteiger partial charge on any atom is -0.378 e. The highest BCUT2D eigenvalue weighted by atomic mass is 16.2. The van der Waals surface area contributed by atoms with Crippen molar-refractivity contribution in [1.29, 1.82) is 0 Å². The maximum absolute atomic E-state index is 12.5. The summed E-state index contributed by atoms with van der Waals surface area (Å²) in [4.78, 5) is 27.9. The Morgan fingerprint density at radius 1 is 1.07 bits per heavy atom. The number of benzene rings is 2. The molecule has 0 unspecified atom stereocenters. The van der Waals surface area contributed by atoms with E-state index in [0.717, 1.165) is 22.4 Å². The number of hydrogen-bond donors (Lipinski definition) is 1. The molecule has 0 aromatic heterocycles. The second-order valence-electron chi connectivity index (χ2n) is 6.74. The van der Waals surface area contributed by atoms with Gasteiger partial charge in [-0.1, -0.05) is 54.1 Å². The third-order valence-electron chi connectivity index (χ3n) is 4.35. The first-order valence-corrected chi connectivity index (χ1v) is 8.78. The fourth-order valence-electron chi connectivity index (χ4n) is 2.86. The van der Waals surface area contributed by atoms with Gasteiger partial charge in [0.05, 0.1) is 6.54 Å². The standard InChI is InChI=1S/C22H23N3O2/c1-16-6-4-8-18(14-16)15-25-21(26)20(23-22(25)27)9-5-7-17-10-12-19(13-11-17)24(2)3/h4-14H,15H2,1-3H3,(H,23,27)/b7-5+,20-9+. The first kappa shape index (κ1) is 18.5. The molecule has 2 aromatic rings. The zero-order chi connectivity index (χ0) is 19.4. The summed E-state index contributed by atoms with van der Waals surface area (Å²) in [6, 6.07) is 15.5. The monoisotopic (exact) mass is 361 g/mol. The number of amides is 3. The minimum atomic E-state index is -0.392. The summed E-state index contributed by atoms with van der Waals surface area (Å²) in [5.74, 6) is -0.311. The van der Waals surface area contributed by atoms with Crippen LogP contribution in [-0.2, 0) is 11.3 Å². The third-order valence-corrected chi connectivity index (χ3v) is 4.35. The molecule has 1 aliphatic rings. The Bertz CT molecular complexity index is 911. The number of urea groups is 1. The Kier molecular flexibility index (Phi) is 5.41. The molecule has 0 radical (unpaired) electrons. The van der Waals surface area contributed by atoms with Crippen LogP contribution in [0.4, 0.5) is 10.5 Å². The van der Waals surface area contributed by atoms with E-state index in [2.05, 4.69) is 5.32 Å². The Labute approximate surface area is 159 Å². The average molecular weight is 361 g/mol. The van der Waals surface area contributed by atoms with E-state index in [0.29, 0.717) is 0 Å². The summed E-state index contributed by atoms with van der Waals surface area (Å²) < 4.78 is 0. The number of hydrogen-bond acceptors (Lipinski definition) is 3. The van der Waals surface area contributed by atoms with E-state index in [4.69, 9.17) is 0 Å². The maximum Gasteiger partial charge on any atom is 0.329 e. The number of carbonyl (C=O) groups excluding carboxylic acids is 2. The Morgan fingerprint density at radius 3 is 2.48 bits per heavy atom. The molecule has 2 aromatic carbocycles. The van der Waals surface area contributed by atoms with Crippen LogP contribution < -0.4 is 10.2 Å². The molecular formula is C22H23N3O2. The van der Waals surface area contributed by atoms with Crippen LogP contribution in [0.5, 0.6) is 0 Å². The number of carbonyl (C=O) groups is 2. The van der Waals surface area contributed by atoms with E-state index >= 15 is 0 Å². The number of rotatable bonds is 5. The van der Waals surface area contributed by atoms with Gasteiger partial charge in [-0.05, 0) is 36.3 Å². The topological polar surface area (TPSA) is 52.7 Å². The van der Waals surface area contributed by atoms with E-state index in [1.807, 2.05) is 80.5 Å². The molecule has 0 bridgehead atoms. The molecule has 1 heterocycles. The van der Waals surface area contributed by atoms with Gasteiger partial charge >= 0.3 is 6.03 Å². The molecule has 0 atom stereocenters. The van der Waals surface area contributed by atoms with Crippen molar-refractivity contribution >= 4 is 23.7 Å². The molecule has 1 N–H and O–H groups in total. The first-order chi connectivity index (χ1) is 12.9. The molecule has 3 amide bonds. The lowest BCUT2D eigenvalue weighted by molar-refractivity contribution is -0.123. The quantitative estimate of drug-likeness (QED) is 0.652. The second kappa shape index (κ2) is 7.91. The normalized spacial score (nSPS) is 15.7. The number of imide groups is 1. The van der Waals surface area contributed by atoms with Gasteiger partial charge in [0.25, 0.3) is 5.91 Å². The zero-order valence-corrected chi connectivity index (χ0v) is 15.8. The highest BCUT2D eigenvalue weighted by molar-refractivity contribution is 6.11. The van der Waals surface area contributed by atoms with E-state index in [-0.39, 0.29) is 18.1 Å². The summed E-state index contributed by atoms with van der Waals surface area (Å²) in [6.45, 7) is 2.25. The number of nitrogens with zero attached hydrogens (tertiary/aromatic N) is 2. The smallest absolute Gasteiger partial charge is 0.329 e. The third kappa shape index (κ3) is 4.44. The molecule has 1 aliphatic heterocycles. The molecule has 1 saturated heterocycles. The van der Waals surface area contributed by atoms with Crippen LogP contribution in [-0.4, -0.2) is 30.9 Å². The predicted molar refractivity (Wildman–Crippen MR) is 108 cm³/mol. The van der Waals surface area contributed by atoms with Crippen molar-refractivity contribution in [2.24, 2.45) is 0 Å². The molecule has 1 fully saturated rings. The zero-order valence-electron chi connectivity index (χ0n) is 15.8. The highest BCUT2D eigenvalue weighted by Gasteiger charge is 2.33. The SMILES string of the molecule is Cc1cccc(CN2C(=O)N/C(=C/C=C/c3ccc(N(C)C)cc3)C2=O)c1. The summed E-state index contributed by atoms with van der Waals surface area (Å²) in [5.41, 5.74) is 4.45. The highest BCUT2D eigenvalue weighted by Crippen LogP contribution is 2.16. The van der Waals surface area contributed by atoms with Crippen molar-refractivity contribution in [3.8, 4) is 0 Å². The molecular weight excluding hydrogens is 338 g/mol. The molecule has 3 rings (SSSR count). The van der Waals surface area contributed by atoms with Gasteiger partial charge in [0.2, 0.25) is 0 Å². The number of anilines is 1. The second-order valence-corrected chi connectivity index (χ2v) is 6.74. The number of nitrogens with one attached hydrogen (secondary N) is 1. The van der Waals surface area contributed by atoms with Gasteiger partial charge in [0, 0.05) is 19.8 Å². The molecule has 5 heteroatoms. The van der Waals surface area contributed by atoms with Crippen molar-refractivity contribution in [3.63, 3.8) is 0 Å². The van der Waals surface area contributed by atoms with E-state index in [1.165, 1.54) is 4.90 Å². The van der Waals surface area contributed by atoms with Gasteiger partial charge in [-0.2, -0.15) is 0 Å². The summed E-state index contributed by atoms with van der Waals surface area (Å²) in [7, 11) is 3.98. The van der Waals surface area contributed by atoms with Gasteiger partial charge in [-0.15, -0.1) is 0 Å².